The van der Waals surface area contributed by atoms with E-state index in [9.17, 15) is 0 Å². The Hall–Kier alpha value is -2.02. The van der Waals surface area contributed by atoms with Gasteiger partial charge in [0.2, 0.25) is 0 Å². The zero-order valence-electron chi connectivity index (χ0n) is 13.8. The molecule has 114 valence electrons. The van der Waals surface area contributed by atoms with Crippen LogP contribution in [0.15, 0.2) is 72.0 Å². The van der Waals surface area contributed by atoms with Crippen LogP contribution in [0.1, 0.15) is 32.3 Å². The molecule has 0 saturated heterocycles. The molecule has 3 rings (SSSR count). The lowest BCUT2D eigenvalue weighted by atomic mass is 9.91. The predicted molar refractivity (Wildman–Crippen MR) is 96.0 cm³/mol. The number of hydrogen-bond donors (Lipinski definition) is 0. The van der Waals surface area contributed by atoms with E-state index in [1.54, 1.807) is 0 Å². The molecule has 1 aromatic rings. The monoisotopic (exact) mass is 291 g/mol. The highest BCUT2D eigenvalue weighted by atomic mass is 15.2. The van der Waals surface area contributed by atoms with Gasteiger partial charge >= 0.3 is 0 Å². The highest BCUT2D eigenvalue weighted by molar-refractivity contribution is 5.58. The van der Waals surface area contributed by atoms with Gasteiger partial charge in [-0.1, -0.05) is 60.6 Å². The van der Waals surface area contributed by atoms with Crippen LogP contribution in [-0.4, -0.2) is 6.04 Å². The Balaban J connectivity index is 2.00. The maximum Gasteiger partial charge on any atom is 0.0585 e. The van der Waals surface area contributed by atoms with Crippen molar-refractivity contribution in [1.82, 2.24) is 0 Å². The van der Waals surface area contributed by atoms with Crippen molar-refractivity contribution in [3.05, 3.63) is 77.6 Å². The molecule has 0 spiro atoms. The number of allylic oxidation sites excluding steroid dienone is 5. The van der Waals surface area contributed by atoms with E-state index < -0.39 is 0 Å². The number of hydrogen-bond acceptors (Lipinski definition) is 1. The Kier molecular flexibility index (Phi) is 4.33. The second-order valence-electron chi connectivity index (χ2n) is 6.43. The number of nitrogens with zero attached hydrogens (tertiary/aromatic N) is 1. The molecule has 0 saturated carbocycles. The minimum Gasteiger partial charge on any atom is -0.334 e. The van der Waals surface area contributed by atoms with Crippen molar-refractivity contribution in [3.8, 4) is 0 Å². The lowest BCUT2D eigenvalue weighted by Crippen LogP contribution is -2.38. The van der Waals surface area contributed by atoms with E-state index in [4.69, 9.17) is 0 Å². The average Bonchev–Trinajstić information content (AvgIpc) is 2.52. The molecule has 0 fully saturated rings. The third-order valence-corrected chi connectivity index (χ3v) is 4.48. The van der Waals surface area contributed by atoms with Crippen LogP contribution in [0.2, 0.25) is 0 Å². The number of aryl methyl sites for hydroxylation is 1. The molecule has 0 amide bonds. The van der Waals surface area contributed by atoms with Crippen molar-refractivity contribution in [3.63, 3.8) is 0 Å². The van der Waals surface area contributed by atoms with Gasteiger partial charge in [-0.15, -0.1) is 0 Å². The Morgan fingerprint density at radius 2 is 1.77 bits per heavy atom. The van der Waals surface area contributed by atoms with Crippen LogP contribution < -0.4 is 4.90 Å². The molecule has 22 heavy (non-hydrogen) atoms. The van der Waals surface area contributed by atoms with E-state index in [1.807, 2.05) is 0 Å². The van der Waals surface area contributed by atoms with E-state index in [1.165, 1.54) is 22.5 Å². The summed E-state index contributed by atoms with van der Waals surface area (Å²) in [5.74, 6) is 0.502. The summed E-state index contributed by atoms with van der Waals surface area (Å²) in [6.45, 7) is 6.63. The predicted octanol–water partition coefficient (Wildman–Crippen LogP) is 5.56. The zero-order valence-corrected chi connectivity index (χ0v) is 13.8. The number of rotatable bonds is 3. The first kappa shape index (κ1) is 14.9. The Bertz CT molecular complexity index is 643. The van der Waals surface area contributed by atoms with E-state index in [-0.39, 0.29) is 0 Å². The molecule has 1 aromatic carbocycles. The molecule has 2 aliphatic carbocycles. The van der Waals surface area contributed by atoms with Gasteiger partial charge in [-0.3, -0.25) is 0 Å². The summed E-state index contributed by atoms with van der Waals surface area (Å²) in [6, 6.07) is 9.26. The third kappa shape index (κ3) is 3.09. The van der Waals surface area contributed by atoms with Crippen LogP contribution in [0.3, 0.4) is 0 Å². The minimum atomic E-state index is 0.375. The molecule has 1 nitrogen and oxygen atoms in total. The van der Waals surface area contributed by atoms with Crippen molar-refractivity contribution in [1.29, 1.82) is 0 Å². The van der Waals surface area contributed by atoms with Crippen molar-refractivity contribution in [2.45, 2.75) is 39.7 Å². The van der Waals surface area contributed by atoms with Crippen LogP contribution >= 0.6 is 0 Å². The molecule has 2 atom stereocenters. The number of anilines is 1. The quantitative estimate of drug-likeness (QED) is 0.705. The van der Waals surface area contributed by atoms with Crippen molar-refractivity contribution in [2.75, 3.05) is 4.90 Å². The molecule has 2 unspecified atom stereocenters. The molecule has 0 heterocycles. The topological polar surface area (TPSA) is 3.24 Å². The van der Waals surface area contributed by atoms with Gasteiger partial charge in [-0.25, -0.2) is 0 Å². The lowest BCUT2D eigenvalue weighted by molar-refractivity contribution is 0.592. The van der Waals surface area contributed by atoms with Gasteiger partial charge in [-0.2, -0.15) is 0 Å². The summed E-state index contributed by atoms with van der Waals surface area (Å²) in [5.41, 5.74) is 5.27. The van der Waals surface area contributed by atoms with Gasteiger partial charge in [0.15, 0.2) is 0 Å². The van der Waals surface area contributed by atoms with Gasteiger partial charge < -0.3 is 4.90 Å². The van der Waals surface area contributed by atoms with Crippen LogP contribution in [-0.2, 0) is 0 Å². The molecule has 0 N–H and O–H groups in total. The second-order valence-corrected chi connectivity index (χ2v) is 6.43. The third-order valence-electron chi connectivity index (χ3n) is 4.48. The summed E-state index contributed by atoms with van der Waals surface area (Å²) in [4.78, 5) is 2.49. The molecule has 0 bridgehead atoms. The van der Waals surface area contributed by atoms with E-state index in [2.05, 4.69) is 86.4 Å². The standard InChI is InChI=1S/C21H25N/c1-16-9-12-20(13-10-16)22(19-7-5-4-6-8-19)21-14-11-17(2)15-18(21)3/h5,7-15,18,21H,4,6H2,1-3H3. The highest BCUT2D eigenvalue weighted by Crippen LogP contribution is 2.32. The lowest BCUT2D eigenvalue weighted by Gasteiger charge is -2.38. The summed E-state index contributed by atoms with van der Waals surface area (Å²) in [6.07, 6.45) is 16.2. The number of benzene rings is 1. The molecular weight excluding hydrogens is 266 g/mol. The van der Waals surface area contributed by atoms with Gasteiger partial charge in [0, 0.05) is 11.4 Å². The largest absolute Gasteiger partial charge is 0.334 e. The van der Waals surface area contributed by atoms with Crippen LogP contribution in [0.4, 0.5) is 5.69 Å². The van der Waals surface area contributed by atoms with Crippen LogP contribution in [0.25, 0.3) is 0 Å². The molecule has 0 aromatic heterocycles. The second kappa shape index (κ2) is 6.39. The Morgan fingerprint density at radius 1 is 1.00 bits per heavy atom. The highest BCUT2D eigenvalue weighted by Gasteiger charge is 2.25. The van der Waals surface area contributed by atoms with Crippen LogP contribution in [0.5, 0.6) is 0 Å². The van der Waals surface area contributed by atoms with Crippen molar-refractivity contribution >= 4 is 5.69 Å². The summed E-state index contributed by atoms with van der Waals surface area (Å²) >= 11 is 0. The molecule has 2 aliphatic rings. The first-order valence-corrected chi connectivity index (χ1v) is 8.24. The summed E-state index contributed by atoms with van der Waals surface area (Å²) < 4.78 is 0. The van der Waals surface area contributed by atoms with Gasteiger partial charge in [0.25, 0.3) is 0 Å². The van der Waals surface area contributed by atoms with Crippen molar-refractivity contribution < 1.29 is 0 Å². The summed E-state index contributed by atoms with van der Waals surface area (Å²) in [7, 11) is 0. The molecule has 1 heteroatoms. The smallest absolute Gasteiger partial charge is 0.0585 e. The van der Waals surface area contributed by atoms with Gasteiger partial charge in [0.1, 0.15) is 0 Å². The molecule has 0 radical (unpaired) electrons. The SMILES string of the molecule is CC1=CC(C)C(N(C2=CCCC=C2)c2ccc(C)cc2)C=C1. The maximum absolute atomic E-state index is 2.49. The van der Waals surface area contributed by atoms with Gasteiger partial charge in [0.05, 0.1) is 6.04 Å². The molecule has 0 aliphatic heterocycles. The Labute approximate surface area is 134 Å². The fourth-order valence-corrected chi connectivity index (χ4v) is 3.29. The van der Waals surface area contributed by atoms with Gasteiger partial charge in [-0.05, 0) is 50.8 Å². The normalized spacial score (nSPS) is 24.0. The first-order valence-electron chi connectivity index (χ1n) is 8.24. The fraction of sp³-hybridized carbons (Fsp3) is 0.333. The molecular formula is C21H25N. The first-order chi connectivity index (χ1) is 10.6. The minimum absolute atomic E-state index is 0.375. The Morgan fingerprint density at radius 3 is 2.41 bits per heavy atom. The van der Waals surface area contributed by atoms with E-state index in [0.717, 1.165) is 12.8 Å². The zero-order chi connectivity index (χ0) is 15.5. The van der Waals surface area contributed by atoms with Crippen LogP contribution in [0, 0.1) is 12.8 Å². The average molecular weight is 291 g/mol. The van der Waals surface area contributed by atoms with Crippen molar-refractivity contribution in [2.24, 2.45) is 5.92 Å². The maximum atomic E-state index is 2.49. The van der Waals surface area contributed by atoms with E-state index >= 15 is 0 Å². The fourth-order valence-electron chi connectivity index (χ4n) is 3.29. The summed E-state index contributed by atoms with van der Waals surface area (Å²) in [5, 5.41) is 0. The van der Waals surface area contributed by atoms with E-state index in [0.29, 0.717) is 12.0 Å².